The molecule has 4 aromatic rings. The summed E-state index contributed by atoms with van der Waals surface area (Å²) in [6, 6.07) is 35.6. The van der Waals surface area contributed by atoms with Crippen LogP contribution in [0.1, 0.15) is 37.9 Å². The Bertz CT molecular complexity index is 1270. The summed E-state index contributed by atoms with van der Waals surface area (Å²) in [4.78, 5) is 13.2. The fourth-order valence-electron chi connectivity index (χ4n) is 4.97. The number of carbonyl (C=O) groups is 1. The van der Waals surface area contributed by atoms with E-state index in [2.05, 4.69) is 74.6 Å². The van der Waals surface area contributed by atoms with E-state index in [-0.39, 0.29) is 17.5 Å². The van der Waals surface area contributed by atoms with E-state index in [0.717, 1.165) is 5.56 Å². The van der Waals surface area contributed by atoms with Gasteiger partial charge >= 0.3 is 5.97 Å². The Kier molecular flexibility index (Phi) is 9.46. The van der Waals surface area contributed by atoms with Crippen molar-refractivity contribution in [1.29, 1.82) is 0 Å². The monoisotopic (exact) mass is 541 g/mol. The zero-order valence-electron chi connectivity index (χ0n) is 22.8. The van der Waals surface area contributed by atoms with E-state index in [4.69, 9.17) is 9.16 Å². The average molecular weight is 542 g/mol. The Morgan fingerprint density at radius 3 is 1.82 bits per heavy atom. The molecule has 0 unspecified atom stereocenters. The van der Waals surface area contributed by atoms with E-state index < -0.39 is 20.3 Å². The first-order valence-electron chi connectivity index (χ1n) is 13.3. The van der Waals surface area contributed by atoms with Crippen LogP contribution in [0.25, 0.3) is 0 Å². The molecule has 0 amide bonds. The molecule has 0 fully saturated rings. The fourth-order valence-corrected chi connectivity index (χ4v) is 9.54. The number of hydrogen-bond donors (Lipinski definition) is 1. The van der Waals surface area contributed by atoms with Gasteiger partial charge < -0.3 is 9.16 Å². The molecule has 0 saturated heterocycles. The van der Waals surface area contributed by atoms with Crippen LogP contribution in [0.2, 0.25) is 5.04 Å². The molecular formula is C33H36FNO3Si. The van der Waals surface area contributed by atoms with Crippen molar-refractivity contribution in [2.45, 2.75) is 38.5 Å². The van der Waals surface area contributed by atoms with E-state index in [1.54, 1.807) is 12.1 Å². The van der Waals surface area contributed by atoms with Crippen LogP contribution < -0.4 is 15.7 Å². The van der Waals surface area contributed by atoms with Gasteiger partial charge in [0.05, 0.1) is 0 Å². The maximum absolute atomic E-state index is 13.6. The van der Waals surface area contributed by atoms with Crippen molar-refractivity contribution in [2.24, 2.45) is 0 Å². The number of nitrogens with one attached hydrogen (secondary N) is 1. The van der Waals surface area contributed by atoms with Crippen LogP contribution >= 0.6 is 0 Å². The van der Waals surface area contributed by atoms with Crippen molar-refractivity contribution in [3.05, 3.63) is 132 Å². The SMILES string of the molecule is CC(C)(C)[Si](OCCN[C@H](C(=O)OCc1ccccc1)c1ccc(F)cc1)(c1ccccc1)c1ccccc1. The highest BCUT2D eigenvalue weighted by atomic mass is 28.4. The van der Waals surface area contributed by atoms with Crippen molar-refractivity contribution >= 4 is 24.7 Å². The summed E-state index contributed by atoms with van der Waals surface area (Å²) >= 11 is 0. The normalized spacial score (nSPS) is 12.6. The maximum Gasteiger partial charge on any atom is 0.328 e. The van der Waals surface area contributed by atoms with Crippen molar-refractivity contribution in [1.82, 2.24) is 5.32 Å². The highest BCUT2D eigenvalue weighted by molar-refractivity contribution is 6.99. The van der Waals surface area contributed by atoms with Gasteiger partial charge in [-0.05, 0) is 38.7 Å². The zero-order valence-corrected chi connectivity index (χ0v) is 23.8. The summed E-state index contributed by atoms with van der Waals surface area (Å²) in [6.07, 6.45) is 0. The molecule has 4 rings (SSSR count). The van der Waals surface area contributed by atoms with Gasteiger partial charge in [-0.25, -0.2) is 9.18 Å². The molecule has 6 heteroatoms. The van der Waals surface area contributed by atoms with Crippen molar-refractivity contribution in [3.63, 3.8) is 0 Å². The Morgan fingerprint density at radius 1 is 0.795 bits per heavy atom. The van der Waals surface area contributed by atoms with Gasteiger partial charge in [0, 0.05) is 13.2 Å². The third kappa shape index (κ3) is 6.90. The third-order valence-electron chi connectivity index (χ3n) is 6.85. The summed E-state index contributed by atoms with van der Waals surface area (Å²) in [7, 11) is -2.70. The highest BCUT2D eigenvalue weighted by Crippen LogP contribution is 2.36. The van der Waals surface area contributed by atoms with E-state index in [1.165, 1.54) is 22.5 Å². The molecule has 0 aliphatic carbocycles. The lowest BCUT2D eigenvalue weighted by molar-refractivity contribution is -0.147. The van der Waals surface area contributed by atoms with Gasteiger partial charge in [0.1, 0.15) is 18.5 Å². The lowest BCUT2D eigenvalue weighted by Gasteiger charge is -2.43. The molecule has 0 radical (unpaired) electrons. The highest BCUT2D eigenvalue weighted by Gasteiger charge is 2.50. The van der Waals surface area contributed by atoms with Crippen LogP contribution in [0.4, 0.5) is 4.39 Å². The summed E-state index contributed by atoms with van der Waals surface area (Å²) < 4.78 is 26.2. The summed E-state index contributed by atoms with van der Waals surface area (Å²) in [5, 5.41) is 5.56. The molecule has 4 nitrogen and oxygen atoms in total. The molecule has 202 valence electrons. The van der Waals surface area contributed by atoms with Gasteiger partial charge in [-0.15, -0.1) is 0 Å². The molecule has 0 saturated carbocycles. The number of ether oxygens (including phenoxy) is 1. The molecular weight excluding hydrogens is 505 g/mol. The van der Waals surface area contributed by atoms with Crippen LogP contribution in [-0.4, -0.2) is 27.4 Å². The smallest absolute Gasteiger partial charge is 0.328 e. The van der Waals surface area contributed by atoms with Crippen LogP contribution in [0.3, 0.4) is 0 Å². The number of carbonyl (C=O) groups excluding carboxylic acids is 1. The van der Waals surface area contributed by atoms with Crippen molar-refractivity contribution in [3.8, 4) is 0 Å². The largest absolute Gasteiger partial charge is 0.459 e. The van der Waals surface area contributed by atoms with Gasteiger partial charge in [0.25, 0.3) is 8.32 Å². The van der Waals surface area contributed by atoms with Crippen molar-refractivity contribution < 1.29 is 18.3 Å². The predicted octanol–water partition coefficient (Wildman–Crippen LogP) is 5.78. The number of halogens is 1. The van der Waals surface area contributed by atoms with Gasteiger partial charge in [0.2, 0.25) is 0 Å². The summed E-state index contributed by atoms with van der Waals surface area (Å²) in [6.45, 7) is 7.65. The molecule has 1 N–H and O–H groups in total. The fraction of sp³-hybridized carbons (Fsp3) is 0.242. The molecule has 0 aromatic heterocycles. The van der Waals surface area contributed by atoms with E-state index in [1.807, 2.05) is 42.5 Å². The minimum Gasteiger partial charge on any atom is -0.459 e. The molecule has 0 aliphatic rings. The van der Waals surface area contributed by atoms with Gasteiger partial charge in [-0.2, -0.15) is 0 Å². The first-order chi connectivity index (χ1) is 18.8. The van der Waals surface area contributed by atoms with Crippen LogP contribution in [0, 0.1) is 5.82 Å². The minimum atomic E-state index is -2.70. The summed E-state index contributed by atoms with van der Waals surface area (Å²) in [5.74, 6) is -0.777. The lowest BCUT2D eigenvalue weighted by atomic mass is 10.1. The molecule has 0 bridgehead atoms. The van der Waals surface area contributed by atoms with E-state index in [0.29, 0.717) is 18.7 Å². The predicted molar refractivity (Wildman–Crippen MR) is 157 cm³/mol. The second kappa shape index (κ2) is 13.0. The molecule has 4 aromatic carbocycles. The maximum atomic E-state index is 13.6. The van der Waals surface area contributed by atoms with E-state index >= 15 is 0 Å². The number of hydrogen-bond acceptors (Lipinski definition) is 4. The minimum absolute atomic E-state index is 0.152. The molecule has 1 atom stereocenters. The van der Waals surface area contributed by atoms with Crippen molar-refractivity contribution in [2.75, 3.05) is 13.2 Å². The van der Waals surface area contributed by atoms with Gasteiger partial charge in [-0.1, -0.05) is 124 Å². The second-order valence-electron chi connectivity index (χ2n) is 10.5. The van der Waals surface area contributed by atoms with Crippen LogP contribution in [-0.2, 0) is 20.6 Å². The number of rotatable bonds is 11. The van der Waals surface area contributed by atoms with Crippen LogP contribution in [0.15, 0.2) is 115 Å². The van der Waals surface area contributed by atoms with E-state index in [9.17, 15) is 9.18 Å². The number of benzene rings is 4. The molecule has 0 heterocycles. The standard InChI is InChI=1S/C33H36FNO3Si/c1-33(2,3)39(29-15-9-5-10-16-29,30-17-11-6-12-18-30)38-24-23-35-31(27-19-21-28(34)22-20-27)32(36)37-25-26-13-7-4-8-14-26/h4-22,31,35H,23-25H2,1-3H3/t31-/m0/s1. The third-order valence-corrected chi connectivity index (χ3v) is 11.9. The zero-order chi connectivity index (χ0) is 27.7. The quantitative estimate of drug-likeness (QED) is 0.149. The molecule has 0 spiro atoms. The molecule has 0 aliphatic heterocycles. The lowest BCUT2D eigenvalue weighted by Crippen LogP contribution is -2.67. The van der Waals surface area contributed by atoms with Gasteiger partial charge in [-0.3, -0.25) is 5.32 Å². The topological polar surface area (TPSA) is 47.6 Å². The number of esters is 1. The van der Waals surface area contributed by atoms with Crippen LogP contribution in [0.5, 0.6) is 0 Å². The first kappa shape index (κ1) is 28.4. The Hall–Kier alpha value is -3.58. The van der Waals surface area contributed by atoms with Gasteiger partial charge in [0.15, 0.2) is 0 Å². The summed E-state index contributed by atoms with van der Waals surface area (Å²) in [5.41, 5.74) is 1.54. The Balaban J connectivity index is 1.53. The average Bonchev–Trinajstić information content (AvgIpc) is 2.95. The second-order valence-corrected chi connectivity index (χ2v) is 14.8. The molecule has 39 heavy (non-hydrogen) atoms. The Morgan fingerprint density at radius 2 is 1.31 bits per heavy atom. The first-order valence-corrected chi connectivity index (χ1v) is 15.2. The Labute approximate surface area is 231 Å².